The molecular formula is C35H26FNO4. The molecule has 6 heteroatoms. The molecule has 4 aromatic rings. The van der Waals surface area contributed by atoms with Gasteiger partial charge in [0.15, 0.2) is 17.3 Å². The summed E-state index contributed by atoms with van der Waals surface area (Å²) in [4.78, 5) is 45.8. The normalized spacial score (nSPS) is 21.5. The van der Waals surface area contributed by atoms with Crippen molar-refractivity contribution >= 4 is 29.1 Å². The largest absolute Gasteiger partial charge is 0.497 e. The van der Waals surface area contributed by atoms with Crippen molar-refractivity contribution in [3.63, 3.8) is 0 Å². The predicted molar refractivity (Wildman–Crippen MR) is 154 cm³/mol. The molecule has 0 radical (unpaired) electrons. The lowest BCUT2D eigenvalue weighted by atomic mass is 9.64. The Labute approximate surface area is 236 Å². The Bertz CT molecular complexity index is 1740. The summed E-state index contributed by atoms with van der Waals surface area (Å²) in [6.07, 6.45) is 3.55. The van der Waals surface area contributed by atoms with Gasteiger partial charge in [-0.15, -0.1) is 0 Å². The molecule has 0 amide bonds. The van der Waals surface area contributed by atoms with Crippen molar-refractivity contribution in [2.24, 2.45) is 5.41 Å². The minimum Gasteiger partial charge on any atom is -0.497 e. The lowest BCUT2D eigenvalue weighted by molar-refractivity contribution is 0.0666. The van der Waals surface area contributed by atoms with E-state index in [1.807, 2.05) is 36.1 Å². The average Bonchev–Trinajstić information content (AvgIpc) is 3.43. The van der Waals surface area contributed by atoms with Crippen molar-refractivity contribution in [3.8, 4) is 5.75 Å². The van der Waals surface area contributed by atoms with Crippen LogP contribution in [0.15, 0.2) is 97.1 Å². The van der Waals surface area contributed by atoms with Gasteiger partial charge in [0.05, 0.1) is 13.2 Å². The fourth-order valence-electron chi connectivity index (χ4n) is 7.02. The summed E-state index contributed by atoms with van der Waals surface area (Å²) in [6.45, 7) is 1.95. The molecule has 0 unspecified atom stereocenters. The number of nitrogens with zero attached hydrogens (tertiary/aromatic N) is 1. The Morgan fingerprint density at radius 2 is 1.54 bits per heavy atom. The van der Waals surface area contributed by atoms with Crippen LogP contribution in [0.3, 0.4) is 0 Å². The second kappa shape index (κ2) is 9.10. The van der Waals surface area contributed by atoms with Gasteiger partial charge >= 0.3 is 0 Å². The quantitative estimate of drug-likeness (QED) is 0.218. The minimum atomic E-state index is -1.61. The molecular weight excluding hydrogens is 517 g/mol. The zero-order chi connectivity index (χ0) is 28.5. The fraction of sp³-hybridized carbons (Fsp3) is 0.171. The number of rotatable bonds is 4. The summed E-state index contributed by atoms with van der Waals surface area (Å²) >= 11 is 0. The van der Waals surface area contributed by atoms with Crippen molar-refractivity contribution in [1.82, 2.24) is 0 Å². The monoisotopic (exact) mass is 543 g/mol. The van der Waals surface area contributed by atoms with E-state index < -0.39 is 29.2 Å². The van der Waals surface area contributed by atoms with E-state index in [1.165, 1.54) is 12.1 Å². The molecule has 1 saturated heterocycles. The Balaban J connectivity index is 1.54. The number of hydrogen-bond donors (Lipinski definition) is 0. The maximum atomic E-state index is 14.6. The maximum Gasteiger partial charge on any atom is 0.185 e. The van der Waals surface area contributed by atoms with E-state index in [4.69, 9.17) is 4.74 Å². The predicted octanol–water partition coefficient (Wildman–Crippen LogP) is 6.46. The maximum absolute atomic E-state index is 14.6. The molecule has 0 bridgehead atoms. The first-order chi connectivity index (χ1) is 19.9. The molecule has 41 heavy (non-hydrogen) atoms. The van der Waals surface area contributed by atoms with E-state index in [0.29, 0.717) is 39.3 Å². The number of carbonyl (C=O) groups is 3. The number of carbonyl (C=O) groups excluding carboxylic acids is 3. The van der Waals surface area contributed by atoms with E-state index in [-0.39, 0.29) is 17.3 Å². The number of Topliss-reactive ketones (excluding diaryl/α,β-unsaturated/α-hetero) is 3. The standard InChI is InChI=1S/C35H26FNO4/c1-20-7-9-22(10-8-20)32(38)31-30(21-11-15-25(41-2)16-12-21)35(33(39)26-5-3-4-6-27(26)34(35)40)29-18-13-23-19-24(36)14-17-28(23)37(29)31/h3-19,29-31H,1-2H3/t29-,30-,31+/m0/s1. The van der Waals surface area contributed by atoms with E-state index in [9.17, 15) is 18.8 Å². The fourth-order valence-corrected chi connectivity index (χ4v) is 7.02. The van der Waals surface area contributed by atoms with Crippen LogP contribution in [0, 0.1) is 18.2 Å². The Morgan fingerprint density at radius 3 is 2.17 bits per heavy atom. The van der Waals surface area contributed by atoms with E-state index in [2.05, 4.69) is 0 Å². The van der Waals surface area contributed by atoms with Crippen molar-refractivity contribution < 1.29 is 23.5 Å². The van der Waals surface area contributed by atoms with Crippen molar-refractivity contribution in [2.75, 3.05) is 12.0 Å². The van der Waals surface area contributed by atoms with Gasteiger partial charge < -0.3 is 9.64 Å². The summed E-state index contributed by atoms with van der Waals surface area (Å²) < 4.78 is 19.8. The van der Waals surface area contributed by atoms with Crippen LogP contribution in [-0.2, 0) is 0 Å². The third-order valence-corrected chi connectivity index (χ3v) is 8.85. The summed E-state index contributed by atoms with van der Waals surface area (Å²) in [5, 5.41) is 0. The van der Waals surface area contributed by atoms with Gasteiger partial charge in [0.1, 0.15) is 23.0 Å². The zero-order valence-corrected chi connectivity index (χ0v) is 22.5. The molecule has 2 aliphatic heterocycles. The number of hydrogen-bond acceptors (Lipinski definition) is 5. The van der Waals surface area contributed by atoms with E-state index in [1.54, 1.807) is 73.9 Å². The van der Waals surface area contributed by atoms with Gasteiger partial charge in [0.2, 0.25) is 0 Å². The number of ketones is 3. The first-order valence-electron chi connectivity index (χ1n) is 13.6. The highest BCUT2D eigenvalue weighted by molar-refractivity contribution is 6.32. The number of ether oxygens (including phenoxy) is 1. The highest BCUT2D eigenvalue weighted by Gasteiger charge is 2.71. The van der Waals surface area contributed by atoms with Gasteiger partial charge in [0.25, 0.3) is 0 Å². The molecule has 2 heterocycles. The van der Waals surface area contributed by atoms with Crippen LogP contribution in [0.1, 0.15) is 53.7 Å². The third-order valence-electron chi connectivity index (χ3n) is 8.85. The summed E-state index contributed by atoms with van der Waals surface area (Å²) in [6, 6.07) is 24.1. The molecule has 1 aliphatic carbocycles. The van der Waals surface area contributed by atoms with Gasteiger partial charge in [-0.3, -0.25) is 14.4 Å². The first kappa shape index (κ1) is 25.1. The Morgan fingerprint density at radius 1 is 0.878 bits per heavy atom. The molecule has 3 atom stereocenters. The SMILES string of the molecule is COc1ccc([C@H]2[C@H](C(=O)c3ccc(C)cc3)N3c4ccc(F)cc4C=C[C@H]3C23C(=O)c2ccccc2C3=O)cc1. The molecule has 7 rings (SSSR count). The highest BCUT2D eigenvalue weighted by Crippen LogP contribution is 2.61. The molecule has 0 aromatic heterocycles. The number of fused-ring (bicyclic) bond motifs is 5. The van der Waals surface area contributed by atoms with Crippen molar-refractivity contribution in [2.45, 2.75) is 24.9 Å². The summed E-state index contributed by atoms with van der Waals surface area (Å²) in [5.74, 6) is -1.44. The van der Waals surface area contributed by atoms with Gasteiger partial charge in [-0.2, -0.15) is 0 Å². The number of aryl methyl sites for hydroxylation is 1. The second-order valence-electron chi connectivity index (χ2n) is 10.9. The Hall–Kier alpha value is -4.84. The van der Waals surface area contributed by atoms with E-state index >= 15 is 0 Å². The molecule has 1 spiro atoms. The lowest BCUT2D eigenvalue weighted by Crippen LogP contribution is -2.48. The van der Waals surface area contributed by atoms with Crippen molar-refractivity contribution in [3.05, 3.63) is 136 Å². The highest BCUT2D eigenvalue weighted by atomic mass is 19.1. The Kier molecular flexibility index (Phi) is 5.58. The van der Waals surface area contributed by atoms with Gasteiger partial charge in [-0.05, 0) is 42.8 Å². The zero-order valence-electron chi connectivity index (χ0n) is 22.5. The molecule has 0 N–H and O–H groups in total. The van der Waals surface area contributed by atoms with Gasteiger partial charge in [-0.1, -0.05) is 78.4 Å². The van der Waals surface area contributed by atoms with Crippen LogP contribution in [0.25, 0.3) is 6.08 Å². The molecule has 5 nitrogen and oxygen atoms in total. The molecule has 3 aliphatic rings. The summed E-state index contributed by atoms with van der Waals surface area (Å²) in [5.41, 5.74) is 2.47. The van der Waals surface area contributed by atoms with Gasteiger partial charge in [-0.25, -0.2) is 4.39 Å². The van der Waals surface area contributed by atoms with E-state index in [0.717, 1.165) is 5.56 Å². The topological polar surface area (TPSA) is 63.7 Å². The molecule has 0 saturated carbocycles. The number of anilines is 1. The third kappa shape index (κ3) is 3.43. The van der Waals surface area contributed by atoms with Crippen LogP contribution in [0.2, 0.25) is 0 Å². The first-order valence-corrected chi connectivity index (χ1v) is 13.6. The lowest BCUT2D eigenvalue weighted by Gasteiger charge is -2.37. The molecule has 202 valence electrons. The summed E-state index contributed by atoms with van der Waals surface area (Å²) in [7, 11) is 1.57. The minimum absolute atomic E-state index is 0.213. The molecule has 1 fully saturated rings. The average molecular weight is 544 g/mol. The molecule has 4 aromatic carbocycles. The van der Waals surface area contributed by atoms with Gasteiger partial charge in [0, 0.05) is 33.9 Å². The van der Waals surface area contributed by atoms with Crippen LogP contribution in [-0.4, -0.2) is 36.5 Å². The smallest absolute Gasteiger partial charge is 0.185 e. The number of benzene rings is 4. The van der Waals surface area contributed by atoms with Crippen LogP contribution in [0.4, 0.5) is 10.1 Å². The van der Waals surface area contributed by atoms with Crippen LogP contribution in [0.5, 0.6) is 5.75 Å². The number of methoxy groups -OCH3 is 1. The van der Waals surface area contributed by atoms with Crippen LogP contribution >= 0.6 is 0 Å². The van der Waals surface area contributed by atoms with Crippen molar-refractivity contribution in [1.29, 1.82) is 0 Å². The second-order valence-corrected chi connectivity index (χ2v) is 10.9. The number of halogens is 1. The van der Waals surface area contributed by atoms with Crippen LogP contribution < -0.4 is 9.64 Å².